The molecule has 0 aliphatic carbocycles. The lowest BCUT2D eigenvalue weighted by molar-refractivity contribution is -0.140. The van der Waals surface area contributed by atoms with Gasteiger partial charge in [0.05, 0.1) is 7.11 Å². The summed E-state index contributed by atoms with van der Waals surface area (Å²) < 4.78 is 4.59. The zero-order valence-corrected chi connectivity index (χ0v) is 9.84. The fourth-order valence-electron chi connectivity index (χ4n) is 1.58. The van der Waals surface area contributed by atoms with Crippen molar-refractivity contribution < 1.29 is 9.53 Å². The Balaban J connectivity index is 3.26. The van der Waals surface area contributed by atoms with Gasteiger partial charge in [-0.25, -0.2) is 0 Å². The van der Waals surface area contributed by atoms with Gasteiger partial charge in [-0.2, -0.15) is 0 Å². The fraction of sp³-hybridized carbons (Fsp3) is 0.917. The summed E-state index contributed by atoms with van der Waals surface area (Å²) in [5.41, 5.74) is 0. The Morgan fingerprint density at radius 2 is 1.86 bits per heavy atom. The van der Waals surface area contributed by atoms with Crippen molar-refractivity contribution in [3.63, 3.8) is 0 Å². The van der Waals surface area contributed by atoms with Gasteiger partial charge in [0, 0.05) is 6.42 Å². The Labute approximate surface area is 88.0 Å². The maximum absolute atomic E-state index is 10.8. The Hall–Kier alpha value is -0.530. The van der Waals surface area contributed by atoms with Crippen LogP contribution < -0.4 is 0 Å². The number of esters is 1. The highest BCUT2D eigenvalue weighted by Crippen LogP contribution is 2.15. The van der Waals surface area contributed by atoms with Gasteiger partial charge in [0.2, 0.25) is 0 Å². The Morgan fingerprint density at radius 1 is 1.21 bits per heavy atom. The first-order valence-electron chi connectivity index (χ1n) is 5.77. The second-order valence-corrected chi connectivity index (χ2v) is 4.07. The molecule has 0 N–H and O–H groups in total. The molecular weight excluding hydrogens is 176 g/mol. The molecule has 0 amide bonds. The van der Waals surface area contributed by atoms with E-state index in [0.29, 0.717) is 6.42 Å². The molecule has 84 valence electrons. The highest BCUT2D eigenvalue weighted by Gasteiger charge is 2.04. The molecule has 14 heavy (non-hydrogen) atoms. The third-order valence-corrected chi connectivity index (χ3v) is 2.61. The number of hydrogen-bond acceptors (Lipinski definition) is 2. The second-order valence-electron chi connectivity index (χ2n) is 4.07. The van der Waals surface area contributed by atoms with E-state index in [1.807, 2.05) is 0 Å². The van der Waals surface area contributed by atoms with Crippen LogP contribution in [0.4, 0.5) is 0 Å². The van der Waals surface area contributed by atoms with Gasteiger partial charge in [-0.05, 0) is 12.3 Å². The van der Waals surface area contributed by atoms with E-state index >= 15 is 0 Å². The van der Waals surface area contributed by atoms with Crippen LogP contribution in [-0.4, -0.2) is 13.1 Å². The average molecular weight is 200 g/mol. The number of unbranched alkanes of at least 4 members (excludes halogenated alkanes) is 2. The number of carbonyl (C=O) groups is 1. The molecule has 2 heteroatoms. The van der Waals surface area contributed by atoms with Gasteiger partial charge in [-0.3, -0.25) is 4.79 Å². The summed E-state index contributed by atoms with van der Waals surface area (Å²) in [6.45, 7) is 4.49. The molecule has 0 spiro atoms. The van der Waals surface area contributed by atoms with E-state index in [1.165, 1.54) is 32.8 Å². The lowest BCUT2D eigenvalue weighted by Crippen LogP contribution is -2.02. The molecule has 0 aromatic rings. The summed E-state index contributed by atoms with van der Waals surface area (Å²) in [6.07, 6.45) is 7.95. The first kappa shape index (κ1) is 13.5. The minimum atomic E-state index is -0.0780. The van der Waals surface area contributed by atoms with E-state index in [2.05, 4.69) is 18.6 Å². The van der Waals surface area contributed by atoms with Gasteiger partial charge >= 0.3 is 5.97 Å². The molecule has 0 aromatic carbocycles. The van der Waals surface area contributed by atoms with Crippen LogP contribution in [0.5, 0.6) is 0 Å². The summed E-state index contributed by atoms with van der Waals surface area (Å²) >= 11 is 0. The minimum Gasteiger partial charge on any atom is -0.469 e. The lowest BCUT2D eigenvalue weighted by atomic mass is 9.97. The van der Waals surface area contributed by atoms with Crippen molar-refractivity contribution in [2.45, 2.75) is 58.8 Å². The molecule has 2 nitrogen and oxygen atoms in total. The Kier molecular flexibility index (Phi) is 8.70. The summed E-state index contributed by atoms with van der Waals surface area (Å²) in [7, 11) is 1.45. The summed E-state index contributed by atoms with van der Waals surface area (Å²) in [5.74, 6) is 0.678. The van der Waals surface area contributed by atoms with Gasteiger partial charge in [-0.1, -0.05) is 46.0 Å². The fourth-order valence-corrected chi connectivity index (χ4v) is 1.58. The normalized spacial score (nSPS) is 12.5. The molecule has 1 atom stereocenters. The molecular formula is C12H24O2. The predicted octanol–water partition coefficient (Wildman–Crippen LogP) is 3.55. The summed E-state index contributed by atoms with van der Waals surface area (Å²) in [4.78, 5) is 10.8. The molecule has 0 aromatic heterocycles. The molecule has 0 bridgehead atoms. The van der Waals surface area contributed by atoms with Crippen molar-refractivity contribution in [2.24, 2.45) is 5.92 Å². The molecule has 0 heterocycles. The third-order valence-electron chi connectivity index (χ3n) is 2.61. The van der Waals surface area contributed by atoms with Crippen molar-refractivity contribution >= 4 is 5.97 Å². The maximum atomic E-state index is 10.8. The highest BCUT2D eigenvalue weighted by molar-refractivity contribution is 5.68. The van der Waals surface area contributed by atoms with Crippen LogP contribution in [0.2, 0.25) is 0 Å². The van der Waals surface area contributed by atoms with Crippen molar-refractivity contribution in [2.75, 3.05) is 7.11 Å². The van der Waals surface area contributed by atoms with E-state index in [1.54, 1.807) is 0 Å². The van der Waals surface area contributed by atoms with Crippen molar-refractivity contribution in [3.05, 3.63) is 0 Å². The van der Waals surface area contributed by atoms with Crippen LogP contribution >= 0.6 is 0 Å². The average Bonchev–Trinajstić information content (AvgIpc) is 2.18. The number of hydrogen-bond donors (Lipinski definition) is 0. The largest absolute Gasteiger partial charge is 0.469 e. The van der Waals surface area contributed by atoms with Gasteiger partial charge in [0.1, 0.15) is 0 Å². The highest BCUT2D eigenvalue weighted by atomic mass is 16.5. The predicted molar refractivity (Wildman–Crippen MR) is 59.2 cm³/mol. The van der Waals surface area contributed by atoms with Crippen LogP contribution in [-0.2, 0) is 9.53 Å². The van der Waals surface area contributed by atoms with Gasteiger partial charge in [0.25, 0.3) is 0 Å². The van der Waals surface area contributed by atoms with Crippen molar-refractivity contribution in [1.29, 1.82) is 0 Å². The van der Waals surface area contributed by atoms with Gasteiger partial charge < -0.3 is 4.74 Å². The molecule has 0 rings (SSSR count). The number of rotatable bonds is 8. The van der Waals surface area contributed by atoms with E-state index in [9.17, 15) is 4.79 Å². The molecule has 0 aliphatic rings. The quantitative estimate of drug-likeness (QED) is 0.442. The lowest BCUT2D eigenvalue weighted by Gasteiger charge is -2.09. The third kappa shape index (κ3) is 8.09. The van der Waals surface area contributed by atoms with E-state index in [0.717, 1.165) is 18.8 Å². The van der Waals surface area contributed by atoms with Crippen LogP contribution in [0.15, 0.2) is 0 Å². The molecule has 0 saturated carbocycles. The Bertz CT molecular complexity index is 143. The molecule has 0 radical (unpaired) electrons. The standard InChI is InChI=1S/C12H24O2/c1-4-5-6-8-11(2)9-7-10-12(13)14-3/h11H,4-10H2,1-3H3. The zero-order chi connectivity index (χ0) is 10.8. The van der Waals surface area contributed by atoms with Gasteiger partial charge in [0.15, 0.2) is 0 Å². The SMILES string of the molecule is CCCCCC(C)CCCC(=O)OC. The van der Waals surface area contributed by atoms with E-state index < -0.39 is 0 Å². The van der Waals surface area contributed by atoms with Gasteiger partial charge in [-0.15, -0.1) is 0 Å². The van der Waals surface area contributed by atoms with Crippen LogP contribution in [0.1, 0.15) is 58.8 Å². The molecule has 0 fully saturated rings. The van der Waals surface area contributed by atoms with E-state index in [4.69, 9.17) is 0 Å². The number of methoxy groups -OCH3 is 1. The second kappa shape index (κ2) is 9.04. The minimum absolute atomic E-state index is 0.0780. The zero-order valence-electron chi connectivity index (χ0n) is 9.84. The molecule has 1 unspecified atom stereocenters. The number of carbonyl (C=O) groups excluding carboxylic acids is 1. The maximum Gasteiger partial charge on any atom is 0.305 e. The first-order chi connectivity index (χ1) is 6.70. The summed E-state index contributed by atoms with van der Waals surface area (Å²) in [5, 5.41) is 0. The van der Waals surface area contributed by atoms with Crippen LogP contribution in [0.25, 0.3) is 0 Å². The molecule has 0 saturated heterocycles. The smallest absolute Gasteiger partial charge is 0.305 e. The first-order valence-corrected chi connectivity index (χ1v) is 5.77. The number of ether oxygens (including phenoxy) is 1. The summed E-state index contributed by atoms with van der Waals surface area (Å²) in [6, 6.07) is 0. The Morgan fingerprint density at radius 3 is 2.43 bits per heavy atom. The van der Waals surface area contributed by atoms with Crippen molar-refractivity contribution in [3.8, 4) is 0 Å². The molecule has 0 aliphatic heterocycles. The van der Waals surface area contributed by atoms with E-state index in [-0.39, 0.29) is 5.97 Å². The van der Waals surface area contributed by atoms with Crippen molar-refractivity contribution in [1.82, 2.24) is 0 Å². The monoisotopic (exact) mass is 200 g/mol. The van der Waals surface area contributed by atoms with Crippen LogP contribution in [0, 0.1) is 5.92 Å². The topological polar surface area (TPSA) is 26.3 Å². The van der Waals surface area contributed by atoms with Crippen LogP contribution in [0.3, 0.4) is 0 Å².